The van der Waals surface area contributed by atoms with Crippen LogP contribution in [0, 0.1) is 20.8 Å². The molecule has 0 radical (unpaired) electrons. The van der Waals surface area contributed by atoms with Gasteiger partial charge in [-0.2, -0.15) is 0 Å². The first-order chi connectivity index (χ1) is 19.5. The predicted molar refractivity (Wildman–Crippen MR) is 164 cm³/mol. The van der Waals surface area contributed by atoms with Crippen molar-refractivity contribution in [3.63, 3.8) is 0 Å². The minimum atomic E-state index is -3.43. The van der Waals surface area contributed by atoms with Crippen LogP contribution in [0.1, 0.15) is 50.7 Å². The van der Waals surface area contributed by atoms with E-state index in [2.05, 4.69) is 30.6 Å². The number of sulfonamides is 1. The third-order valence-electron chi connectivity index (χ3n) is 7.20. The molecule has 1 aliphatic rings. The molecule has 2 aromatic heterocycles. The highest BCUT2D eigenvalue weighted by Gasteiger charge is 2.42. The fraction of sp³-hybridized carbons (Fsp3) is 0.233. The van der Waals surface area contributed by atoms with E-state index in [1.54, 1.807) is 18.3 Å². The van der Waals surface area contributed by atoms with Gasteiger partial charge in [-0.3, -0.25) is 9.71 Å². The van der Waals surface area contributed by atoms with Crippen LogP contribution in [0.25, 0.3) is 5.69 Å². The fourth-order valence-corrected chi connectivity index (χ4v) is 6.41. The van der Waals surface area contributed by atoms with E-state index in [0.29, 0.717) is 16.4 Å². The SMILES string of the molecule is COC(=O)c1cccc(-n2c(C)cc(C3C(c4ccccn4)NC(=S)N3c3ccc(NS(C)(=O)=O)c(C)c3)c2C)c1. The molecule has 0 spiro atoms. The van der Waals surface area contributed by atoms with Gasteiger partial charge in [-0.05, 0) is 98.7 Å². The van der Waals surface area contributed by atoms with Crippen LogP contribution in [0.4, 0.5) is 11.4 Å². The molecular weight excluding hydrogens is 558 g/mol. The molecular formula is C30H31N5O4S2. The van der Waals surface area contributed by atoms with E-state index < -0.39 is 16.0 Å². The standard InChI is InChI=1S/C30H31N5O4S2/c1-18-15-23(12-13-25(18)33-41(5,37)38)35-28(27(32-30(35)40)26-11-6-7-14-31-26)24-16-19(2)34(20(24)3)22-10-8-9-21(17-22)29(36)39-4/h6-17,27-28,33H,1-5H3,(H,32,40). The molecule has 0 aliphatic carbocycles. The Morgan fingerprint density at radius 1 is 1.02 bits per heavy atom. The van der Waals surface area contributed by atoms with Gasteiger partial charge in [-0.15, -0.1) is 0 Å². The molecule has 212 valence electrons. The van der Waals surface area contributed by atoms with Crippen molar-refractivity contribution < 1.29 is 17.9 Å². The number of benzene rings is 2. The molecule has 9 nitrogen and oxygen atoms in total. The van der Waals surface area contributed by atoms with Crippen LogP contribution in [0.15, 0.2) is 72.9 Å². The summed E-state index contributed by atoms with van der Waals surface area (Å²) in [5, 5.41) is 4.01. The van der Waals surface area contributed by atoms with Crippen LogP contribution in [0.2, 0.25) is 0 Å². The van der Waals surface area contributed by atoms with Gasteiger partial charge in [-0.1, -0.05) is 12.1 Å². The smallest absolute Gasteiger partial charge is 0.337 e. The highest BCUT2D eigenvalue weighted by Crippen LogP contribution is 2.44. The first kappa shape index (κ1) is 28.3. The molecule has 2 N–H and O–H groups in total. The Morgan fingerprint density at radius 3 is 2.46 bits per heavy atom. The van der Waals surface area contributed by atoms with Crippen molar-refractivity contribution in [1.82, 2.24) is 14.9 Å². The lowest BCUT2D eigenvalue weighted by Crippen LogP contribution is -2.29. The lowest BCUT2D eigenvalue weighted by atomic mass is 9.96. The Hall–Kier alpha value is -4.22. The zero-order valence-electron chi connectivity index (χ0n) is 23.4. The van der Waals surface area contributed by atoms with Gasteiger partial charge in [0.15, 0.2) is 5.11 Å². The van der Waals surface area contributed by atoms with E-state index in [9.17, 15) is 13.2 Å². The largest absolute Gasteiger partial charge is 0.465 e. The van der Waals surface area contributed by atoms with Crippen LogP contribution in [0.5, 0.6) is 0 Å². The number of nitrogens with one attached hydrogen (secondary N) is 2. The number of carbonyl (C=O) groups excluding carboxylic acids is 1. The Labute approximate surface area is 245 Å². The van der Waals surface area contributed by atoms with Crippen molar-refractivity contribution in [2.24, 2.45) is 0 Å². The molecule has 4 aromatic rings. The first-order valence-electron chi connectivity index (χ1n) is 12.9. The summed E-state index contributed by atoms with van der Waals surface area (Å²) in [7, 11) is -2.06. The van der Waals surface area contributed by atoms with E-state index in [0.717, 1.165) is 45.8 Å². The number of aromatic nitrogens is 2. The maximum Gasteiger partial charge on any atom is 0.337 e. The lowest BCUT2D eigenvalue weighted by Gasteiger charge is -2.29. The van der Waals surface area contributed by atoms with Crippen molar-refractivity contribution in [2.75, 3.05) is 23.0 Å². The normalized spacial score (nSPS) is 16.9. The summed E-state index contributed by atoms with van der Waals surface area (Å²) in [4.78, 5) is 18.9. The molecule has 0 amide bonds. The van der Waals surface area contributed by atoms with Crippen molar-refractivity contribution in [3.8, 4) is 5.69 Å². The summed E-state index contributed by atoms with van der Waals surface area (Å²) in [6.07, 6.45) is 2.89. The molecule has 3 heterocycles. The van der Waals surface area contributed by atoms with E-state index in [-0.39, 0.29) is 12.1 Å². The van der Waals surface area contributed by atoms with E-state index in [1.165, 1.54) is 7.11 Å². The number of nitrogens with zero attached hydrogens (tertiary/aromatic N) is 3. The summed E-state index contributed by atoms with van der Waals surface area (Å²) < 4.78 is 33.3. The monoisotopic (exact) mass is 589 g/mol. The Kier molecular flexibility index (Phi) is 7.58. The van der Waals surface area contributed by atoms with E-state index in [1.807, 2.05) is 69.3 Å². The Bertz CT molecular complexity index is 1750. The quantitative estimate of drug-likeness (QED) is 0.226. The second-order valence-electron chi connectivity index (χ2n) is 10.1. The van der Waals surface area contributed by atoms with Gasteiger partial charge >= 0.3 is 5.97 Å². The van der Waals surface area contributed by atoms with E-state index >= 15 is 0 Å². The Morgan fingerprint density at radius 2 is 1.80 bits per heavy atom. The number of carbonyl (C=O) groups is 1. The number of thiocarbonyl (C=S) groups is 1. The zero-order valence-corrected chi connectivity index (χ0v) is 25.0. The van der Waals surface area contributed by atoms with Crippen molar-refractivity contribution in [3.05, 3.63) is 107 Å². The molecule has 11 heteroatoms. The summed E-state index contributed by atoms with van der Waals surface area (Å²) in [6.45, 7) is 5.93. The average Bonchev–Trinajstić information content (AvgIpc) is 3.43. The highest BCUT2D eigenvalue weighted by molar-refractivity contribution is 7.92. The number of rotatable bonds is 7. The van der Waals surface area contributed by atoms with E-state index in [4.69, 9.17) is 17.0 Å². The molecule has 2 aromatic carbocycles. The fourth-order valence-electron chi connectivity index (χ4n) is 5.44. The molecule has 0 saturated carbocycles. The van der Waals surface area contributed by atoms with Gasteiger partial charge in [0.1, 0.15) is 0 Å². The molecule has 1 aliphatic heterocycles. The molecule has 0 bridgehead atoms. The van der Waals surface area contributed by atoms with Crippen molar-refractivity contribution in [2.45, 2.75) is 32.9 Å². The third-order valence-corrected chi connectivity index (χ3v) is 8.10. The number of hydrogen-bond acceptors (Lipinski definition) is 6. The molecule has 1 saturated heterocycles. The number of ether oxygens (including phenoxy) is 1. The maximum atomic E-state index is 12.2. The van der Waals surface area contributed by atoms with Gasteiger partial charge in [0.05, 0.1) is 42.4 Å². The second kappa shape index (κ2) is 11.0. The van der Waals surface area contributed by atoms with Gasteiger partial charge in [0.25, 0.3) is 0 Å². The first-order valence-corrected chi connectivity index (χ1v) is 15.2. The highest BCUT2D eigenvalue weighted by atomic mass is 32.2. The van der Waals surface area contributed by atoms with Crippen molar-refractivity contribution in [1.29, 1.82) is 0 Å². The number of methoxy groups -OCH3 is 1. The summed E-state index contributed by atoms with van der Waals surface area (Å²) >= 11 is 5.89. The molecule has 2 atom stereocenters. The molecule has 2 unspecified atom stereocenters. The zero-order chi connectivity index (χ0) is 29.5. The van der Waals surface area contributed by atoms with Gasteiger partial charge < -0.3 is 19.5 Å². The summed E-state index contributed by atoms with van der Waals surface area (Å²) in [5.74, 6) is -0.398. The van der Waals surface area contributed by atoms with Crippen LogP contribution in [0.3, 0.4) is 0 Å². The number of pyridine rings is 1. The Balaban J connectivity index is 1.65. The number of anilines is 2. The summed E-state index contributed by atoms with van der Waals surface area (Å²) in [6, 6.07) is 20.3. The second-order valence-corrected chi connectivity index (χ2v) is 12.2. The number of esters is 1. The molecule has 5 rings (SSSR count). The number of hydrogen-bond donors (Lipinski definition) is 2. The molecule has 41 heavy (non-hydrogen) atoms. The van der Waals surface area contributed by atoms with Crippen LogP contribution < -0.4 is 14.9 Å². The molecule has 1 fully saturated rings. The van der Waals surface area contributed by atoms with Gasteiger partial charge in [0.2, 0.25) is 10.0 Å². The van der Waals surface area contributed by atoms with Crippen molar-refractivity contribution >= 4 is 44.7 Å². The van der Waals surface area contributed by atoms with Crippen LogP contribution >= 0.6 is 12.2 Å². The summed E-state index contributed by atoms with van der Waals surface area (Å²) in [5.41, 5.74) is 7.25. The van der Waals surface area contributed by atoms with Gasteiger partial charge in [-0.25, -0.2) is 13.2 Å². The van der Waals surface area contributed by atoms with Crippen LogP contribution in [-0.4, -0.2) is 42.4 Å². The lowest BCUT2D eigenvalue weighted by molar-refractivity contribution is 0.0600. The minimum absolute atomic E-state index is 0.256. The third kappa shape index (κ3) is 5.55. The average molecular weight is 590 g/mol. The van der Waals surface area contributed by atoms with Gasteiger partial charge in [0, 0.05) is 29.0 Å². The predicted octanol–water partition coefficient (Wildman–Crippen LogP) is 5.13. The maximum absolute atomic E-state index is 12.2. The van der Waals surface area contributed by atoms with Crippen LogP contribution in [-0.2, 0) is 14.8 Å². The minimum Gasteiger partial charge on any atom is -0.465 e. The number of aryl methyl sites for hydroxylation is 2. The topological polar surface area (TPSA) is 106 Å².